The Bertz CT molecular complexity index is 420. The quantitative estimate of drug-likeness (QED) is 0.829. The van der Waals surface area contributed by atoms with Crippen molar-refractivity contribution in [2.75, 3.05) is 13.2 Å². The maximum Gasteiger partial charge on any atom is 0.260 e. The van der Waals surface area contributed by atoms with Crippen molar-refractivity contribution in [2.45, 2.75) is 26.3 Å². The highest BCUT2D eigenvalue weighted by Crippen LogP contribution is 2.26. The van der Waals surface area contributed by atoms with Gasteiger partial charge in [0.25, 0.3) is 5.91 Å². The fourth-order valence-electron chi connectivity index (χ4n) is 1.89. The molecule has 0 saturated heterocycles. The number of halogens is 1. The van der Waals surface area contributed by atoms with Crippen molar-refractivity contribution in [3.8, 4) is 5.75 Å². The molecule has 1 heterocycles. The highest BCUT2D eigenvalue weighted by atomic mass is 35.5. The number of hydrogen-bond acceptors (Lipinski definition) is 2. The molecule has 1 amide bonds. The van der Waals surface area contributed by atoms with Crippen LogP contribution in [0.1, 0.15) is 25.3 Å². The van der Waals surface area contributed by atoms with Gasteiger partial charge in [-0.25, -0.2) is 0 Å². The van der Waals surface area contributed by atoms with Crippen LogP contribution in [-0.4, -0.2) is 24.0 Å². The van der Waals surface area contributed by atoms with Crippen LogP contribution in [0.4, 0.5) is 0 Å². The van der Waals surface area contributed by atoms with E-state index in [9.17, 15) is 4.79 Å². The summed E-state index contributed by atoms with van der Waals surface area (Å²) >= 11 is 5.96. The zero-order valence-corrected chi connectivity index (χ0v) is 10.7. The SMILES string of the molecule is CCCCN1Cc2cc(Cl)ccc2OCC1=O. The molecule has 0 unspecified atom stereocenters. The summed E-state index contributed by atoms with van der Waals surface area (Å²) in [5.41, 5.74) is 0.986. The first-order valence-corrected chi connectivity index (χ1v) is 6.27. The Morgan fingerprint density at radius 2 is 2.29 bits per heavy atom. The van der Waals surface area contributed by atoms with Crippen molar-refractivity contribution in [1.82, 2.24) is 4.90 Å². The summed E-state index contributed by atoms with van der Waals surface area (Å²) in [5, 5.41) is 0.678. The van der Waals surface area contributed by atoms with E-state index >= 15 is 0 Å². The summed E-state index contributed by atoms with van der Waals surface area (Å²) in [5.74, 6) is 0.813. The highest BCUT2D eigenvalue weighted by molar-refractivity contribution is 6.30. The van der Waals surface area contributed by atoms with Crippen LogP contribution in [0.15, 0.2) is 18.2 Å². The zero-order chi connectivity index (χ0) is 12.3. The number of unbranched alkanes of at least 4 members (excludes halogenated alkanes) is 1. The van der Waals surface area contributed by atoms with Crippen molar-refractivity contribution in [1.29, 1.82) is 0 Å². The minimum absolute atomic E-state index is 0.0470. The number of carbonyl (C=O) groups excluding carboxylic acids is 1. The van der Waals surface area contributed by atoms with Gasteiger partial charge in [-0.05, 0) is 24.6 Å². The molecule has 0 bridgehead atoms. The molecule has 0 saturated carbocycles. The van der Waals surface area contributed by atoms with E-state index in [4.69, 9.17) is 16.3 Å². The number of hydrogen-bond donors (Lipinski definition) is 0. The van der Waals surface area contributed by atoms with Gasteiger partial charge in [-0.1, -0.05) is 24.9 Å². The minimum Gasteiger partial charge on any atom is -0.483 e. The Balaban J connectivity index is 2.19. The van der Waals surface area contributed by atoms with Gasteiger partial charge >= 0.3 is 0 Å². The maximum absolute atomic E-state index is 11.8. The van der Waals surface area contributed by atoms with Crippen LogP contribution < -0.4 is 4.74 Å². The van der Waals surface area contributed by atoms with E-state index in [1.165, 1.54) is 0 Å². The molecule has 0 fully saturated rings. The molecule has 17 heavy (non-hydrogen) atoms. The van der Waals surface area contributed by atoms with E-state index in [0.717, 1.165) is 30.7 Å². The fraction of sp³-hybridized carbons (Fsp3) is 0.462. The number of benzene rings is 1. The first-order chi connectivity index (χ1) is 8.20. The number of rotatable bonds is 3. The zero-order valence-electron chi connectivity index (χ0n) is 9.91. The van der Waals surface area contributed by atoms with E-state index < -0.39 is 0 Å². The van der Waals surface area contributed by atoms with E-state index in [2.05, 4.69) is 6.92 Å². The first kappa shape index (κ1) is 12.2. The molecule has 2 rings (SSSR count). The van der Waals surface area contributed by atoms with Crippen LogP contribution in [0.5, 0.6) is 5.75 Å². The fourth-order valence-corrected chi connectivity index (χ4v) is 2.08. The molecule has 0 aliphatic carbocycles. The molecule has 4 heteroatoms. The molecule has 1 aliphatic heterocycles. The predicted octanol–water partition coefficient (Wildman–Crippen LogP) is 2.86. The summed E-state index contributed by atoms with van der Waals surface area (Å²) in [4.78, 5) is 13.7. The molecular formula is C13H16ClNO2. The minimum atomic E-state index is 0.0470. The second kappa shape index (κ2) is 5.41. The normalized spacial score (nSPS) is 15.2. The lowest BCUT2D eigenvalue weighted by atomic mass is 10.2. The number of carbonyl (C=O) groups is 1. The Labute approximate surface area is 106 Å². The molecule has 92 valence electrons. The van der Waals surface area contributed by atoms with Crippen LogP contribution in [0.25, 0.3) is 0 Å². The van der Waals surface area contributed by atoms with E-state index in [1.807, 2.05) is 17.0 Å². The Kier molecular flexibility index (Phi) is 3.89. The van der Waals surface area contributed by atoms with Gasteiger partial charge < -0.3 is 9.64 Å². The third-order valence-corrected chi connectivity index (χ3v) is 3.10. The van der Waals surface area contributed by atoms with Gasteiger partial charge in [0, 0.05) is 23.7 Å². The van der Waals surface area contributed by atoms with Gasteiger partial charge in [-0.3, -0.25) is 4.79 Å². The molecule has 0 atom stereocenters. The lowest BCUT2D eigenvalue weighted by Gasteiger charge is -2.19. The van der Waals surface area contributed by atoms with Gasteiger partial charge in [0.1, 0.15) is 5.75 Å². The van der Waals surface area contributed by atoms with Crippen molar-refractivity contribution in [3.63, 3.8) is 0 Å². The number of nitrogens with zero attached hydrogens (tertiary/aromatic N) is 1. The maximum atomic E-state index is 11.8. The van der Waals surface area contributed by atoms with Crippen molar-refractivity contribution in [2.24, 2.45) is 0 Å². The topological polar surface area (TPSA) is 29.5 Å². The van der Waals surface area contributed by atoms with Crippen LogP contribution in [0.2, 0.25) is 5.02 Å². The lowest BCUT2D eigenvalue weighted by molar-refractivity contribution is -0.133. The van der Waals surface area contributed by atoms with Crippen molar-refractivity contribution >= 4 is 17.5 Å². The van der Waals surface area contributed by atoms with Crippen molar-refractivity contribution < 1.29 is 9.53 Å². The Morgan fingerprint density at radius 3 is 3.06 bits per heavy atom. The van der Waals surface area contributed by atoms with E-state index in [1.54, 1.807) is 6.07 Å². The summed E-state index contributed by atoms with van der Waals surface area (Å²) in [6.45, 7) is 3.61. The summed E-state index contributed by atoms with van der Waals surface area (Å²) in [6.07, 6.45) is 2.09. The summed E-state index contributed by atoms with van der Waals surface area (Å²) in [7, 11) is 0. The number of amides is 1. The summed E-state index contributed by atoms with van der Waals surface area (Å²) < 4.78 is 5.48. The third-order valence-electron chi connectivity index (χ3n) is 2.87. The van der Waals surface area contributed by atoms with Gasteiger partial charge in [0.05, 0.1) is 0 Å². The Morgan fingerprint density at radius 1 is 1.47 bits per heavy atom. The third kappa shape index (κ3) is 2.91. The average molecular weight is 254 g/mol. The van der Waals surface area contributed by atoms with Crippen LogP contribution in [0, 0.1) is 0 Å². The number of fused-ring (bicyclic) bond motifs is 1. The molecule has 3 nitrogen and oxygen atoms in total. The van der Waals surface area contributed by atoms with Gasteiger partial charge in [0.15, 0.2) is 6.61 Å². The van der Waals surface area contributed by atoms with Gasteiger partial charge in [0.2, 0.25) is 0 Å². The predicted molar refractivity (Wildman–Crippen MR) is 67.3 cm³/mol. The second-order valence-corrected chi connectivity index (χ2v) is 4.65. The largest absolute Gasteiger partial charge is 0.483 e. The molecule has 0 aromatic heterocycles. The van der Waals surface area contributed by atoms with Crippen LogP contribution in [0.3, 0.4) is 0 Å². The van der Waals surface area contributed by atoms with E-state index in [0.29, 0.717) is 11.6 Å². The first-order valence-electron chi connectivity index (χ1n) is 5.89. The van der Waals surface area contributed by atoms with Gasteiger partial charge in [-0.15, -0.1) is 0 Å². The smallest absolute Gasteiger partial charge is 0.260 e. The number of ether oxygens (including phenoxy) is 1. The standard InChI is InChI=1S/C13H16ClNO2/c1-2-3-6-15-8-10-7-11(14)4-5-12(10)17-9-13(15)16/h4-5,7H,2-3,6,8-9H2,1H3. The second-order valence-electron chi connectivity index (χ2n) is 4.21. The Hall–Kier alpha value is -1.22. The molecule has 0 radical (unpaired) electrons. The molecule has 1 aliphatic rings. The van der Waals surface area contributed by atoms with Crippen LogP contribution >= 0.6 is 11.6 Å². The highest BCUT2D eigenvalue weighted by Gasteiger charge is 2.20. The van der Waals surface area contributed by atoms with Gasteiger partial charge in [-0.2, -0.15) is 0 Å². The van der Waals surface area contributed by atoms with Crippen LogP contribution in [-0.2, 0) is 11.3 Å². The molecule has 1 aromatic carbocycles. The summed E-state index contributed by atoms with van der Waals surface area (Å²) in [6, 6.07) is 5.48. The molecular weight excluding hydrogens is 238 g/mol. The molecule has 0 N–H and O–H groups in total. The van der Waals surface area contributed by atoms with E-state index in [-0.39, 0.29) is 12.5 Å². The van der Waals surface area contributed by atoms with Crippen molar-refractivity contribution in [3.05, 3.63) is 28.8 Å². The molecule has 1 aromatic rings. The average Bonchev–Trinajstić information content (AvgIpc) is 2.46. The monoisotopic (exact) mass is 253 g/mol. The molecule has 0 spiro atoms. The lowest BCUT2D eigenvalue weighted by Crippen LogP contribution is -2.33.